The monoisotopic (exact) mass is 234 g/mol. The molecule has 0 aliphatic rings. The summed E-state index contributed by atoms with van der Waals surface area (Å²) in [5.41, 5.74) is 0.137. The van der Waals surface area contributed by atoms with Gasteiger partial charge in [-0.3, -0.25) is 0 Å². The van der Waals surface area contributed by atoms with Crippen LogP contribution in [0.25, 0.3) is 0 Å². The van der Waals surface area contributed by atoms with Gasteiger partial charge in [0, 0.05) is 18.8 Å². The molecular weight excluding hydrogens is 225 g/mol. The summed E-state index contributed by atoms with van der Waals surface area (Å²) < 4.78 is 40.6. The minimum Gasteiger partial charge on any atom is -0.432 e. The van der Waals surface area contributed by atoms with E-state index in [-0.39, 0.29) is 5.69 Å². The zero-order chi connectivity index (χ0) is 12.1. The maximum absolute atomic E-state index is 13.1. The van der Waals surface area contributed by atoms with Gasteiger partial charge in [0.1, 0.15) is 0 Å². The molecule has 0 heterocycles. The van der Waals surface area contributed by atoms with Crippen molar-refractivity contribution in [2.45, 2.75) is 6.61 Å². The van der Waals surface area contributed by atoms with Crippen molar-refractivity contribution in [3.8, 4) is 5.75 Å². The Labute approximate surface area is 89.4 Å². The molecule has 0 spiro atoms. The maximum atomic E-state index is 13.1. The highest BCUT2D eigenvalue weighted by molar-refractivity contribution is 5.89. The van der Waals surface area contributed by atoms with Gasteiger partial charge in [0.2, 0.25) is 0 Å². The highest BCUT2D eigenvalue weighted by atomic mass is 19.3. The Bertz CT molecular complexity index is 385. The number of carbonyl (C=O) groups is 1. The van der Waals surface area contributed by atoms with Gasteiger partial charge in [-0.15, -0.1) is 0 Å². The first kappa shape index (κ1) is 12.2. The van der Waals surface area contributed by atoms with Gasteiger partial charge in [-0.1, -0.05) is 0 Å². The summed E-state index contributed by atoms with van der Waals surface area (Å²) in [5, 5.41) is 4.54. The van der Waals surface area contributed by atoms with E-state index in [0.717, 1.165) is 12.1 Å². The molecular formula is C9H9F3N2O2. The smallest absolute Gasteiger partial charge is 0.387 e. The zero-order valence-electron chi connectivity index (χ0n) is 8.26. The van der Waals surface area contributed by atoms with Crippen molar-refractivity contribution in [1.29, 1.82) is 0 Å². The maximum Gasteiger partial charge on any atom is 0.387 e. The number of rotatable bonds is 3. The molecule has 0 aromatic heterocycles. The first-order valence-electron chi connectivity index (χ1n) is 4.26. The van der Waals surface area contributed by atoms with Crippen LogP contribution in [0.2, 0.25) is 0 Å². The Balaban J connectivity index is 2.78. The molecule has 0 aliphatic carbocycles. The lowest BCUT2D eigenvalue weighted by Gasteiger charge is -2.08. The predicted molar refractivity (Wildman–Crippen MR) is 51.1 cm³/mol. The summed E-state index contributed by atoms with van der Waals surface area (Å²) in [4.78, 5) is 10.9. The molecule has 0 aliphatic heterocycles. The highest BCUT2D eigenvalue weighted by Crippen LogP contribution is 2.22. The highest BCUT2D eigenvalue weighted by Gasteiger charge is 2.10. The van der Waals surface area contributed by atoms with E-state index in [0.29, 0.717) is 0 Å². The fourth-order valence-electron chi connectivity index (χ4n) is 0.964. The van der Waals surface area contributed by atoms with E-state index >= 15 is 0 Å². The van der Waals surface area contributed by atoms with E-state index in [1.807, 2.05) is 0 Å². The Morgan fingerprint density at radius 3 is 2.62 bits per heavy atom. The van der Waals surface area contributed by atoms with Crippen molar-refractivity contribution in [1.82, 2.24) is 5.32 Å². The number of alkyl halides is 2. The molecule has 1 rings (SSSR count). The first-order valence-corrected chi connectivity index (χ1v) is 4.26. The number of hydrogen-bond donors (Lipinski definition) is 2. The SMILES string of the molecule is CNC(=O)Nc1ccc(OC(F)F)c(F)c1. The number of benzene rings is 1. The lowest BCUT2D eigenvalue weighted by Crippen LogP contribution is -2.24. The van der Waals surface area contributed by atoms with Gasteiger partial charge in [-0.25, -0.2) is 9.18 Å². The molecule has 0 fully saturated rings. The minimum atomic E-state index is -3.09. The van der Waals surface area contributed by atoms with Gasteiger partial charge in [0.15, 0.2) is 11.6 Å². The number of amides is 2. The number of carbonyl (C=O) groups excluding carboxylic acids is 1. The van der Waals surface area contributed by atoms with E-state index in [9.17, 15) is 18.0 Å². The van der Waals surface area contributed by atoms with Gasteiger partial charge in [-0.2, -0.15) is 8.78 Å². The third-order valence-electron chi connectivity index (χ3n) is 1.63. The van der Waals surface area contributed by atoms with Crippen LogP contribution in [0.4, 0.5) is 23.7 Å². The molecule has 0 unspecified atom stereocenters. The topological polar surface area (TPSA) is 50.4 Å². The normalized spacial score (nSPS) is 10.1. The Morgan fingerprint density at radius 2 is 2.12 bits per heavy atom. The largest absolute Gasteiger partial charge is 0.432 e. The molecule has 1 aromatic carbocycles. The van der Waals surface area contributed by atoms with Crippen LogP contribution < -0.4 is 15.4 Å². The number of nitrogens with one attached hydrogen (secondary N) is 2. The number of ether oxygens (including phenoxy) is 1. The average Bonchev–Trinajstić information content (AvgIpc) is 2.21. The van der Waals surface area contributed by atoms with Crippen LogP contribution in [0.5, 0.6) is 5.75 Å². The summed E-state index contributed by atoms with van der Waals surface area (Å²) in [6.07, 6.45) is 0. The quantitative estimate of drug-likeness (QED) is 0.842. The molecule has 0 bridgehead atoms. The van der Waals surface area contributed by atoms with E-state index < -0.39 is 24.2 Å². The molecule has 0 saturated heterocycles. The van der Waals surface area contributed by atoms with E-state index in [4.69, 9.17) is 0 Å². The molecule has 4 nitrogen and oxygen atoms in total. The zero-order valence-corrected chi connectivity index (χ0v) is 8.26. The average molecular weight is 234 g/mol. The summed E-state index contributed by atoms with van der Waals surface area (Å²) in [7, 11) is 1.39. The van der Waals surface area contributed by atoms with Crippen molar-refractivity contribution < 1.29 is 22.7 Å². The van der Waals surface area contributed by atoms with Crippen molar-refractivity contribution >= 4 is 11.7 Å². The van der Waals surface area contributed by atoms with Crippen LogP contribution in [0, 0.1) is 5.82 Å². The molecule has 16 heavy (non-hydrogen) atoms. The van der Waals surface area contributed by atoms with Crippen molar-refractivity contribution in [3.05, 3.63) is 24.0 Å². The Hall–Kier alpha value is -1.92. The Kier molecular flexibility index (Phi) is 3.98. The van der Waals surface area contributed by atoms with Crippen LogP contribution in [0.3, 0.4) is 0 Å². The summed E-state index contributed by atoms with van der Waals surface area (Å²) in [6, 6.07) is 2.59. The van der Waals surface area contributed by atoms with E-state index in [1.165, 1.54) is 13.1 Å². The van der Waals surface area contributed by atoms with Crippen molar-refractivity contribution in [2.24, 2.45) is 0 Å². The Morgan fingerprint density at radius 1 is 1.44 bits per heavy atom. The molecule has 2 N–H and O–H groups in total. The third-order valence-corrected chi connectivity index (χ3v) is 1.63. The van der Waals surface area contributed by atoms with Crippen LogP contribution in [-0.4, -0.2) is 19.7 Å². The molecule has 1 aromatic rings. The second-order valence-corrected chi connectivity index (χ2v) is 2.73. The third kappa shape index (κ3) is 3.34. The molecule has 2 amide bonds. The van der Waals surface area contributed by atoms with Crippen LogP contribution in [0.15, 0.2) is 18.2 Å². The summed E-state index contributed by atoms with van der Waals surface area (Å²) >= 11 is 0. The fraction of sp³-hybridized carbons (Fsp3) is 0.222. The minimum absolute atomic E-state index is 0.137. The number of urea groups is 1. The lowest BCUT2D eigenvalue weighted by atomic mass is 10.3. The lowest BCUT2D eigenvalue weighted by molar-refractivity contribution is -0.0521. The molecule has 0 radical (unpaired) electrons. The number of anilines is 1. The van der Waals surface area contributed by atoms with Crippen LogP contribution >= 0.6 is 0 Å². The molecule has 88 valence electrons. The predicted octanol–water partition coefficient (Wildman–Crippen LogP) is 2.18. The molecule has 0 atom stereocenters. The van der Waals surface area contributed by atoms with Crippen molar-refractivity contribution in [3.63, 3.8) is 0 Å². The van der Waals surface area contributed by atoms with Gasteiger partial charge < -0.3 is 15.4 Å². The fourth-order valence-corrected chi connectivity index (χ4v) is 0.964. The van der Waals surface area contributed by atoms with Crippen LogP contribution in [0.1, 0.15) is 0 Å². The summed E-state index contributed by atoms with van der Waals surface area (Å²) in [6.45, 7) is -3.09. The molecule has 7 heteroatoms. The van der Waals surface area contributed by atoms with Gasteiger partial charge >= 0.3 is 12.6 Å². The van der Waals surface area contributed by atoms with Crippen LogP contribution in [-0.2, 0) is 0 Å². The van der Waals surface area contributed by atoms with Gasteiger partial charge in [0.05, 0.1) is 0 Å². The summed E-state index contributed by atoms with van der Waals surface area (Å²) in [5.74, 6) is -1.55. The second-order valence-electron chi connectivity index (χ2n) is 2.73. The second kappa shape index (κ2) is 5.24. The van der Waals surface area contributed by atoms with E-state index in [1.54, 1.807) is 0 Å². The van der Waals surface area contributed by atoms with Gasteiger partial charge in [-0.05, 0) is 12.1 Å². The number of halogens is 3. The molecule has 0 saturated carbocycles. The standard InChI is InChI=1S/C9H9F3N2O2/c1-13-9(15)14-5-2-3-7(6(10)4-5)16-8(11)12/h2-4,8H,1H3,(H2,13,14,15). The van der Waals surface area contributed by atoms with E-state index in [2.05, 4.69) is 15.4 Å². The first-order chi connectivity index (χ1) is 7.52. The van der Waals surface area contributed by atoms with Crippen molar-refractivity contribution in [2.75, 3.05) is 12.4 Å². The van der Waals surface area contributed by atoms with Gasteiger partial charge in [0.25, 0.3) is 0 Å². The number of hydrogen-bond acceptors (Lipinski definition) is 2.